The number of nitrogen functional groups attached to an aromatic ring is 1. The van der Waals surface area contributed by atoms with Crippen LogP contribution >= 0.6 is 11.3 Å². The number of hydrogen-bond donors (Lipinski definition) is 2. The van der Waals surface area contributed by atoms with Gasteiger partial charge >= 0.3 is 0 Å². The van der Waals surface area contributed by atoms with Crippen LogP contribution in [0.3, 0.4) is 0 Å². The van der Waals surface area contributed by atoms with Gasteiger partial charge < -0.3 is 5.73 Å². The molecule has 0 saturated carbocycles. The van der Waals surface area contributed by atoms with E-state index in [2.05, 4.69) is 14.7 Å². The molecule has 0 fully saturated rings. The largest absolute Gasteiger partial charge is 0.384 e. The Labute approximate surface area is 115 Å². The Morgan fingerprint density at radius 3 is 2.79 bits per heavy atom. The maximum Gasteiger partial charge on any atom is 0.242 e. The Morgan fingerprint density at radius 1 is 1.42 bits per heavy atom. The number of sulfonamides is 1. The van der Waals surface area contributed by atoms with E-state index >= 15 is 0 Å². The van der Waals surface area contributed by atoms with E-state index in [-0.39, 0.29) is 10.7 Å². The number of aromatic nitrogens is 2. The summed E-state index contributed by atoms with van der Waals surface area (Å²) >= 11 is 1.55. The standard InChI is InChI=1S/C11H14N4O2S2/c1-8-15-9(7-18-8)4-5-14-19(16,17)10-2-3-11(12)13-6-10/h2-3,6-7,14H,4-5H2,1H3,(H2,12,13). The van der Waals surface area contributed by atoms with Gasteiger partial charge in [-0.05, 0) is 19.1 Å². The zero-order chi connectivity index (χ0) is 13.9. The van der Waals surface area contributed by atoms with Crippen LogP contribution in [0.2, 0.25) is 0 Å². The van der Waals surface area contributed by atoms with Crippen molar-refractivity contribution in [2.45, 2.75) is 18.2 Å². The topological polar surface area (TPSA) is 98.0 Å². The lowest BCUT2D eigenvalue weighted by Crippen LogP contribution is -2.26. The minimum Gasteiger partial charge on any atom is -0.384 e. The van der Waals surface area contributed by atoms with Crippen molar-refractivity contribution in [3.05, 3.63) is 34.4 Å². The van der Waals surface area contributed by atoms with E-state index in [4.69, 9.17) is 5.73 Å². The molecule has 0 aromatic carbocycles. The molecule has 3 N–H and O–H groups in total. The Kier molecular flexibility index (Phi) is 4.13. The molecule has 0 amide bonds. The van der Waals surface area contributed by atoms with Crippen molar-refractivity contribution in [2.24, 2.45) is 0 Å². The third kappa shape index (κ3) is 3.72. The van der Waals surface area contributed by atoms with Crippen molar-refractivity contribution in [1.82, 2.24) is 14.7 Å². The highest BCUT2D eigenvalue weighted by Gasteiger charge is 2.13. The third-order valence-electron chi connectivity index (χ3n) is 2.41. The minimum atomic E-state index is -3.53. The molecular formula is C11H14N4O2S2. The number of pyridine rings is 1. The van der Waals surface area contributed by atoms with Gasteiger partial charge in [0.2, 0.25) is 10.0 Å². The average Bonchev–Trinajstić information content (AvgIpc) is 2.75. The van der Waals surface area contributed by atoms with Crippen LogP contribution in [0, 0.1) is 6.92 Å². The first-order chi connectivity index (χ1) is 8.97. The SMILES string of the molecule is Cc1nc(CCNS(=O)(=O)c2ccc(N)nc2)cs1. The highest BCUT2D eigenvalue weighted by atomic mass is 32.2. The van der Waals surface area contributed by atoms with E-state index in [0.29, 0.717) is 13.0 Å². The summed E-state index contributed by atoms with van der Waals surface area (Å²) in [6.45, 7) is 2.22. The summed E-state index contributed by atoms with van der Waals surface area (Å²) in [5, 5.41) is 2.90. The minimum absolute atomic E-state index is 0.108. The molecule has 0 aliphatic rings. The molecule has 2 aromatic heterocycles. The number of thiazole rings is 1. The third-order valence-corrected chi connectivity index (χ3v) is 4.68. The van der Waals surface area contributed by atoms with E-state index in [1.807, 2.05) is 12.3 Å². The first-order valence-electron chi connectivity index (χ1n) is 5.59. The van der Waals surface area contributed by atoms with Crippen LogP contribution in [0.1, 0.15) is 10.7 Å². The molecule has 8 heteroatoms. The molecule has 0 spiro atoms. The normalized spacial score (nSPS) is 11.6. The van der Waals surface area contributed by atoms with E-state index in [1.165, 1.54) is 18.3 Å². The molecule has 2 aromatic rings. The molecule has 2 heterocycles. The second-order valence-electron chi connectivity index (χ2n) is 3.92. The van der Waals surface area contributed by atoms with Gasteiger partial charge in [0.25, 0.3) is 0 Å². The van der Waals surface area contributed by atoms with Crippen LogP contribution in [-0.2, 0) is 16.4 Å². The van der Waals surface area contributed by atoms with Crippen molar-refractivity contribution in [2.75, 3.05) is 12.3 Å². The van der Waals surface area contributed by atoms with Crippen LogP contribution in [0.25, 0.3) is 0 Å². The molecule has 0 unspecified atom stereocenters. The van der Waals surface area contributed by atoms with E-state index in [0.717, 1.165) is 10.7 Å². The van der Waals surface area contributed by atoms with Crippen LogP contribution in [0.15, 0.2) is 28.6 Å². The molecule has 0 aliphatic heterocycles. The maximum atomic E-state index is 11.9. The Hall–Kier alpha value is -1.51. The smallest absolute Gasteiger partial charge is 0.242 e. The van der Waals surface area contributed by atoms with Crippen LogP contribution in [-0.4, -0.2) is 24.9 Å². The van der Waals surface area contributed by atoms with Gasteiger partial charge in [-0.3, -0.25) is 0 Å². The van der Waals surface area contributed by atoms with Gasteiger partial charge in [-0.25, -0.2) is 23.1 Å². The van der Waals surface area contributed by atoms with Crippen molar-refractivity contribution in [3.8, 4) is 0 Å². The van der Waals surface area contributed by atoms with E-state index in [1.54, 1.807) is 11.3 Å². The lowest BCUT2D eigenvalue weighted by Gasteiger charge is -2.05. The van der Waals surface area contributed by atoms with Gasteiger partial charge in [0, 0.05) is 24.5 Å². The molecule has 6 nitrogen and oxygen atoms in total. The quantitative estimate of drug-likeness (QED) is 0.856. The fraction of sp³-hybridized carbons (Fsp3) is 0.273. The molecule has 19 heavy (non-hydrogen) atoms. The fourth-order valence-electron chi connectivity index (χ4n) is 1.47. The summed E-state index contributed by atoms with van der Waals surface area (Å²) in [5.74, 6) is 0.289. The zero-order valence-electron chi connectivity index (χ0n) is 10.3. The number of rotatable bonds is 5. The maximum absolute atomic E-state index is 11.9. The lowest BCUT2D eigenvalue weighted by atomic mass is 10.3. The molecule has 2 rings (SSSR count). The van der Waals surface area contributed by atoms with Crippen LogP contribution in [0.5, 0.6) is 0 Å². The number of anilines is 1. The number of nitrogens with two attached hydrogens (primary N) is 1. The van der Waals surface area contributed by atoms with Gasteiger partial charge in [0.1, 0.15) is 10.7 Å². The predicted octanol–water partition coefficient (Wildman–Crippen LogP) is 0.950. The molecule has 0 bridgehead atoms. The van der Waals surface area contributed by atoms with E-state index in [9.17, 15) is 8.42 Å². The van der Waals surface area contributed by atoms with Gasteiger partial charge in [0.05, 0.1) is 10.7 Å². The van der Waals surface area contributed by atoms with Crippen molar-refractivity contribution in [3.63, 3.8) is 0 Å². The summed E-state index contributed by atoms with van der Waals surface area (Å²) in [7, 11) is -3.53. The highest BCUT2D eigenvalue weighted by molar-refractivity contribution is 7.89. The molecule has 0 aliphatic carbocycles. The summed E-state index contributed by atoms with van der Waals surface area (Å²) in [6.07, 6.45) is 1.80. The molecular weight excluding hydrogens is 284 g/mol. The second-order valence-corrected chi connectivity index (χ2v) is 6.75. The molecule has 0 radical (unpaired) electrons. The number of aryl methyl sites for hydroxylation is 1. The van der Waals surface area contributed by atoms with Crippen LogP contribution < -0.4 is 10.5 Å². The van der Waals surface area contributed by atoms with Gasteiger partial charge in [-0.2, -0.15) is 0 Å². The number of nitrogens with one attached hydrogen (secondary N) is 1. The Bertz CT molecular complexity index is 650. The number of hydrogen-bond acceptors (Lipinski definition) is 6. The lowest BCUT2D eigenvalue weighted by molar-refractivity contribution is 0.581. The van der Waals surface area contributed by atoms with Crippen molar-refractivity contribution >= 4 is 27.2 Å². The molecule has 102 valence electrons. The zero-order valence-corrected chi connectivity index (χ0v) is 12.0. The Morgan fingerprint density at radius 2 is 2.21 bits per heavy atom. The summed E-state index contributed by atoms with van der Waals surface area (Å²) in [4.78, 5) is 8.14. The summed E-state index contributed by atoms with van der Waals surface area (Å²) < 4.78 is 26.4. The van der Waals surface area contributed by atoms with Crippen LogP contribution in [0.4, 0.5) is 5.82 Å². The van der Waals surface area contributed by atoms with Crippen molar-refractivity contribution in [1.29, 1.82) is 0 Å². The molecule has 0 atom stereocenters. The predicted molar refractivity (Wildman–Crippen MR) is 74.4 cm³/mol. The number of nitrogens with zero attached hydrogens (tertiary/aromatic N) is 2. The van der Waals surface area contributed by atoms with Gasteiger partial charge in [0.15, 0.2) is 0 Å². The average molecular weight is 298 g/mol. The second kappa shape index (κ2) is 5.64. The van der Waals surface area contributed by atoms with Gasteiger partial charge in [-0.1, -0.05) is 0 Å². The Balaban J connectivity index is 1.96. The van der Waals surface area contributed by atoms with Gasteiger partial charge in [-0.15, -0.1) is 11.3 Å². The first kappa shape index (κ1) is 13.9. The monoisotopic (exact) mass is 298 g/mol. The first-order valence-corrected chi connectivity index (χ1v) is 7.96. The fourth-order valence-corrected chi connectivity index (χ4v) is 3.09. The van der Waals surface area contributed by atoms with E-state index < -0.39 is 10.0 Å². The van der Waals surface area contributed by atoms with Crippen molar-refractivity contribution < 1.29 is 8.42 Å². The summed E-state index contributed by atoms with van der Waals surface area (Å²) in [6, 6.07) is 2.88. The highest BCUT2D eigenvalue weighted by Crippen LogP contribution is 2.10. The summed E-state index contributed by atoms with van der Waals surface area (Å²) in [5.41, 5.74) is 6.30. The molecule has 0 saturated heterocycles.